The van der Waals surface area contributed by atoms with Crippen LogP contribution >= 0.6 is 15.9 Å². The Bertz CT molecular complexity index is 749. The van der Waals surface area contributed by atoms with Crippen molar-refractivity contribution in [1.82, 2.24) is 4.98 Å². The number of nitrogens with zero attached hydrogens (tertiary/aromatic N) is 1. The molecule has 0 radical (unpaired) electrons. The summed E-state index contributed by atoms with van der Waals surface area (Å²) < 4.78 is 1.21. The first kappa shape index (κ1) is 13.6. The minimum atomic E-state index is 1.07. The summed E-state index contributed by atoms with van der Waals surface area (Å²) in [4.78, 5) is 4.79. The van der Waals surface area contributed by atoms with E-state index < -0.39 is 0 Å². The Kier molecular flexibility index (Phi) is 4.02. The molecular weight excluding hydrogens is 310 g/mol. The predicted octanol–water partition coefficient (Wildman–Crippen LogP) is 5.88. The van der Waals surface area contributed by atoms with Crippen LogP contribution in [0.3, 0.4) is 0 Å². The van der Waals surface area contributed by atoms with Crippen LogP contribution in [-0.2, 0) is 6.42 Å². The molecule has 0 saturated carbocycles. The fourth-order valence-corrected chi connectivity index (χ4v) is 3.23. The van der Waals surface area contributed by atoms with E-state index in [2.05, 4.69) is 59.3 Å². The van der Waals surface area contributed by atoms with Crippen molar-refractivity contribution in [3.8, 4) is 0 Å². The summed E-state index contributed by atoms with van der Waals surface area (Å²) >= 11 is 3.71. The summed E-state index contributed by atoms with van der Waals surface area (Å²) in [5, 5.41) is 2.50. The van der Waals surface area contributed by atoms with Gasteiger partial charge in [0, 0.05) is 15.2 Å². The smallest absolute Gasteiger partial charge is 0.0713 e. The first-order valence-corrected chi connectivity index (χ1v) is 8.06. The molecule has 0 amide bonds. The van der Waals surface area contributed by atoms with Gasteiger partial charge in [0.05, 0.1) is 11.0 Å². The largest absolute Gasteiger partial charge is 0.248 e. The van der Waals surface area contributed by atoms with E-state index in [1.165, 1.54) is 40.1 Å². The number of aryl methyl sites for hydroxylation is 1. The standard InChI is InChI=1S/C18H18BrN/c1-2-3-4-8-14-15-12-13-7-5-6-9-17(13)20-18(15)11-10-16(14)19/h5-7,9-12H,2-4,8H2,1H3. The van der Waals surface area contributed by atoms with Crippen molar-refractivity contribution in [3.05, 3.63) is 52.5 Å². The highest BCUT2D eigenvalue weighted by atomic mass is 79.9. The Morgan fingerprint density at radius 1 is 1.00 bits per heavy atom. The Morgan fingerprint density at radius 3 is 2.70 bits per heavy atom. The van der Waals surface area contributed by atoms with Crippen LogP contribution in [0.2, 0.25) is 0 Å². The number of aromatic nitrogens is 1. The molecule has 0 unspecified atom stereocenters. The third-order valence-corrected chi connectivity index (χ3v) is 4.53. The fourth-order valence-electron chi connectivity index (χ4n) is 2.69. The Morgan fingerprint density at radius 2 is 1.85 bits per heavy atom. The highest BCUT2D eigenvalue weighted by molar-refractivity contribution is 9.10. The van der Waals surface area contributed by atoms with Crippen LogP contribution in [0.25, 0.3) is 21.8 Å². The number of halogens is 1. The van der Waals surface area contributed by atoms with E-state index in [0.29, 0.717) is 0 Å². The maximum atomic E-state index is 4.79. The lowest BCUT2D eigenvalue weighted by Crippen LogP contribution is -1.92. The van der Waals surface area contributed by atoms with Gasteiger partial charge in [0.1, 0.15) is 0 Å². The molecule has 0 N–H and O–H groups in total. The summed E-state index contributed by atoms with van der Waals surface area (Å²) in [7, 11) is 0. The highest BCUT2D eigenvalue weighted by Gasteiger charge is 2.08. The number of hydrogen-bond acceptors (Lipinski definition) is 1. The molecule has 0 aliphatic carbocycles. The van der Waals surface area contributed by atoms with Gasteiger partial charge in [0.2, 0.25) is 0 Å². The van der Waals surface area contributed by atoms with Gasteiger partial charge < -0.3 is 0 Å². The van der Waals surface area contributed by atoms with Gasteiger partial charge in [-0.05, 0) is 42.7 Å². The number of pyridine rings is 1. The lowest BCUT2D eigenvalue weighted by atomic mass is 10.0. The van der Waals surface area contributed by atoms with Crippen molar-refractivity contribution in [3.63, 3.8) is 0 Å². The third kappa shape index (κ3) is 2.57. The Hall–Kier alpha value is -1.41. The van der Waals surface area contributed by atoms with Crippen molar-refractivity contribution < 1.29 is 0 Å². The van der Waals surface area contributed by atoms with Gasteiger partial charge in [-0.25, -0.2) is 4.98 Å². The summed E-state index contributed by atoms with van der Waals surface area (Å²) in [6.07, 6.45) is 4.89. The van der Waals surface area contributed by atoms with Crippen molar-refractivity contribution in [2.45, 2.75) is 32.6 Å². The molecule has 0 aliphatic rings. The third-order valence-electron chi connectivity index (χ3n) is 3.78. The molecule has 2 aromatic carbocycles. The van der Waals surface area contributed by atoms with Crippen LogP contribution < -0.4 is 0 Å². The predicted molar refractivity (Wildman–Crippen MR) is 90.2 cm³/mol. The van der Waals surface area contributed by atoms with Crippen LogP contribution in [0.5, 0.6) is 0 Å². The lowest BCUT2D eigenvalue weighted by Gasteiger charge is -2.10. The van der Waals surface area contributed by atoms with Gasteiger partial charge in [0.15, 0.2) is 0 Å². The number of hydrogen-bond donors (Lipinski definition) is 0. The minimum absolute atomic E-state index is 1.07. The molecule has 0 saturated heterocycles. The molecule has 1 heterocycles. The lowest BCUT2D eigenvalue weighted by molar-refractivity contribution is 0.718. The first-order chi connectivity index (χ1) is 9.79. The molecular formula is C18H18BrN. The number of unbranched alkanes of at least 4 members (excludes halogenated alkanes) is 2. The molecule has 0 spiro atoms. The van der Waals surface area contributed by atoms with E-state index >= 15 is 0 Å². The summed E-state index contributed by atoms with van der Waals surface area (Å²) in [5.74, 6) is 0. The Balaban J connectivity index is 2.16. The van der Waals surface area contributed by atoms with Gasteiger partial charge in [0.25, 0.3) is 0 Å². The normalized spacial score (nSPS) is 11.3. The van der Waals surface area contributed by atoms with Crippen LogP contribution in [-0.4, -0.2) is 4.98 Å². The summed E-state index contributed by atoms with van der Waals surface area (Å²) in [6, 6.07) is 14.9. The van der Waals surface area contributed by atoms with E-state index in [1.807, 2.05) is 6.07 Å². The van der Waals surface area contributed by atoms with Crippen molar-refractivity contribution in [2.75, 3.05) is 0 Å². The molecule has 20 heavy (non-hydrogen) atoms. The van der Waals surface area contributed by atoms with Gasteiger partial charge in [-0.1, -0.05) is 53.9 Å². The zero-order valence-electron chi connectivity index (χ0n) is 11.7. The zero-order valence-corrected chi connectivity index (χ0v) is 13.3. The first-order valence-electron chi connectivity index (χ1n) is 7.26. The number of fused-ring (bicyclic) bond motifs is 2. The monoisotopic (exact) mass is 327 g/mol. The molecule has 0 fully saturated rings. The van der Waals surface area contributed by atoms with Crippen LogP contribution in [0, 0.1) is 0 Å². The maximum Gasteiger partial charge on any atom is 0.0713 e. The van der Waals surface area contributed by atoms with Crippen molar-refractivity contribution in [2.24, 2.45) is 0 Å². The van der Waals surface area contributed by atoms with E-state index in [1.54, 1.807) is 0 Å². The van der Waals surface area contributed by atoms with E-state index in [0.717, 1.165) is 17.5 Å². The van der Waals surface area contributed by atoms with E-state index in [4.69, 9.17) is 4.98 Å². The average Bonchev–Trinajstić information content (AvgIpc) is 2.48. The zero-order chi connectivity index (χ0) is 13.9. The Labute approximate surface area is 128 Å². The quantitative estimate of drug-likeness (QED) is 0.430. The van der Waals surface area contributed by atoms with Crippen LogP contribution in [0.15, 0.2) is 46.9 Å². The second kappa shape index (κ2) is 5.92. The second-order valence-corrected chi connectivity index (χ2v) is 6.09. The SMILES string of the molecule is CCCCCc1c(Br)ccc2nc3ccccc3cc12. The number of para-hydroxylation sites is 1. The molecule has 0 aliphatic heterocycles. The number of rotatable bonds is 4. The van der Waals surface area contributed by atoms with Gasteiger partial charge in [-0.3, -0.25) is 0 Å². The minimum Gasteiger partial charge on any atom is -0.248 e. The summed E-state index contributed by atoms with van der Waals surface area (Å²) in [6.45, 7) is 2.24. The molecule has 102 valence electrons. The molecule has 3 rings (SSSR count). The fraction of sp³-hybridized carbons (Fsp3) is 0.278. The average molecular weight is 328 g/mol. The van der Waals surface area contributed by atoms with E-state index in [-0.39, 0.29) is 0 Å². The van der Waals surface area contributed by atoms with Gasteiger partial charge in [-0.15, -0.1) is 0 Å². The van der Waals surface area contributed by atoms with Crippen molar-refractivity contribution >= 4 is 37.7 Å². The molecule has 3 aromatic rings. The molecule has 0 atom stereocenters. The van der Waals surface area contributed by atoms with Gasteiger partial charge in [-0.2, -0.15) is 0 Å². The van der Waals surface area contributed by atoms with Crippen LogP contribution in [0.4, 0.5) is 0 Å². The van der Waals surface area contributed by atoms with E-state index in [9.17, 15) is 0 Å². The second-order valence-electron chi connectivity index (χ2n) is 5.23. The topological polar surface area (TPSA) is 12.9 Å². The molecule has 0 bridgehead atoms. The number of benzene rings is 2. The maximum absolute atomic E-state index is 4.79. The van der Waals surface area contributed by atoms with Gasteiger partial charge >= 0.3 is 0 Å². The summed E-state index contributed by atoms with van der Waals surface area (Å²) in [5.41, 5.74) is 3.56. The van der Waals surface area contributed by atoms with Crippen LogP contribution in [0.1, 0.15) is 31.7 Å². The molecule has 1 nitrogen and oxygen atoms in total. The molecule has 1 aromatic heterocycles. The van der Waals surface area contributed by atoms with Crippen molar-refractivity contribution in [1.29, 1.82) is 0 Å². The highest BCUT2D eigenvalue weighted by Crippen LogP contribution is 2.29. The molecule has 2 heteroatoms.